The Balaban J connectivity index is 2.35. The van der Waals surface area contributed by atoms with Crippen LogP contribution in [0.2, 0.25) is 0 Å². The molecule has 3 rings (SSSR count). The molecule has 1 atom stereocenters. The normalized spacial score (nSPS) is 20.7. The summed E-state index contributed by atoms with van der Waals surface area (Å²) in [6.45, 7) is 1.99. The van der Waals surface area contributed by atoms with E-state index in [-0.39, 0.29) is 16.7 Å². The van der Waals surface area contributed by atoms with Crippen LogP contribution in [0, 0.1) is 0 Å². The number of alkyl halides is 3. The lowest BCUT2D eigenvalue weighted by molar-refractivity contribution is -0.139. The van der Waals surface area contributed by atoms with E-state index < -0.39 is 29.6 Å². The number of benzene rings is 1. The van der Waals surface area contributed by atoms with Crippen LogP contribution in [-0.4, -0.2) is 33.6 Å². The fourth-order valence-corrected chi connectivity index (χ4v) is 4.17. The lowest BCUT2D eigenvalue weighted by Gasteiger charge is -2.38. The fraction of sp³-hybridized carbons (Fsp3) is 0.400. The third-order valence-corrected chi connectivity index (χ3v) is 5.34. The minimum absolute atomic E-state index is 0.276. The number of allylic oxidation sites excluding steroid dienone is 2. The molecule has 1 aromatic rings. The van der Waals surface area contributed by atoms with E-state index in [2.05, 4.69) is 0 Å². The van der Waals surface area contributed by atoms with Crippen molar-refractivity contribution in [2.24, 2.45) is 0 Å². The molecule has 0 amide bonds. The van der Waals surface area contributed by atoms with Crippen molar-refractivity contribution in [3.05, 3.63) is 57.9 Å². The van der Waals surface area contributed by atoms with Gasteiger partial charge in [0.15, 0.2) is 0 Å². The second kappa shape index (κ2) is 7.33. The van der Waals surface area contributed by atoms with Crippen molar-refractivity contribution in [3.63, 3.8) is 0 Å². The van der Waals surface area contributed by atoms with Gasteiger partial charge in [0.05, 0.1) is 22.6 Å². The number of fused-ring (bicyclic) bond motifs is 1. The predicted molar refractivity (Wildman–Crippen MR) is 94.4 cm³/mol. The van der Waals surface area contributed by atoms with Gasteiger partial charge in [-0.05, 0) is 37.8 Å². The molecule has 2 heterocycles. The maximum Gasteiger partial charge on any atom is 0.416 e. The Labute approximate surface area is 159 Å². The zero-order valence-corrected chi connectivity index (χ0v) is 15.2. The Hall–Kier alpha value is -2.77. The van der Waals surface area contributed by atoms with Crippen LogP contribution >= 0.6 is 0 Å². The number of hydrogen-bond donors (Lipinski definition) is 2. The highest BCUT2D eigenvalue weighted by atomic mass is 19.4. The number of hydrogen-bond acceptors (Lipinski definition) is 3. The molecule has 2 aliphatic rings. The number of carboxylic acid groups (broad SMARTS) is 2. The van der Waals surface area contributed by atoms with Crippen LogP contribution < -0.4 is 0 Å². The fourth-order valence-electron chi connectivity index (χ4n) is 4.17. The highest BCUT2D eigenvalue weighted by molar-refractivity contribution is 5.98. The molecule has 0 aromatic heterocycles. The first kappa shape index (κ1) is 20.0. The molecular weight excluding hydrogens is 375 g/mol. The van der Waals surface area contributed by atoms with Gasteiger partial charge in [0.1, 0.15) is 0 Å². The third kappa shape index (κ3) is 3.39. The quantitative estimate of drug-likeness (QED) is 0.794. The molecule has 0 bridgehead atoms. The zero-order valence-electron chi connectivity index (χ0n) is 15.2. The van der Waals surface area contributed by atoms with Gasteiger partial charge in [-0.2, -0.15) is 13.2 Å². The molecule has 0 radical (unpaired) electrons. The lowest BCUT2D eigenvalue weighted by Crippen LogP contribution is -2.35. The van der Waals surface area contributed by atoms with Gasteiger partial charge in [0.2, 0.25) is 0 Å². The van der Waals surface area contributed by atoms with Gasteiger partial charge in [-0.3, -0.25) is 0 Å². The van der Waals surface area contributed by atoms with Crippen LogP contribution in [0.25, 0.3) is 0 Å². The van der Waals surface area contributed by atoms with Crippen LogP contribution in [0.15, 0.2) is 46.8 Å². The molecule has 1 aromatic carbocycles. The number of aliphatic carboxylic acids is 2. The van der Waals surface area contributed by atoms with Crippen molar-refractivity contribution >= 4 is 11.9 Å². The highest BCUT2D eigenvalue weighted by Gasteiger charge is 2.44. The smallest absolute Gasteiger partial charge is 0.416 e. The summed E-state index contributed by atoms with van der Waals surface area (Å²) in [6, 6.07) is 4.59. The van der Waals surface area contributed by atoms with Gasteiger partial charge >= 0.3 is 18.1 Å². The van der Waals surface area contributed by atoms with Crippen molar-refractivity contribution < 1.29 is 33.0 Å². The van der Waals surface area contributed by atoms with Crippen molar-refractivity contribution in [3.8, 4) is 0 Å². The minimum Gasteiger partial charge on any atom is -0.478 e. The summed E-state index contributed by atoms with van der Waals surface area (Å²) in [5.74, 6) is -4.30. The molecule has 2 N–H and O–H groups in total. The highest BCUT2D eigenvalue weighted by Crippen LogP contribution is 2.47. The molecular formula is C20H20F3NO4. The van der Waals surface area contributed by atoms with E-state index in [0.29, 0.717) is 30.8 Å². The monoisotopic (exact) mass is 395 g/mol. The Kier molecular flexibility index (Phi) is 5.23. The average molecular weight is 395 g/mol. The van der Waals surface area contributed by atoms with E-state index in [4.69, 9.17) is 0 Å². The van der Waals surface area contributed by atoms with Crippen molar-refractivity contribution in [2.45, 2.75) is 44.7 Å². The molecule has 1 unspecified atom stereocenters. The van der Waals surface area contributed by atoms with E-state index in [0.717, 1.165) is 18.9 Å². The third-order valence-electron chi connectivity index (χ3n) is 5.34. The summed E-state index contributed by atoms with van der Waals surface area (Å²) in [7, 11) is 0. The molecule has 8 heteroatoms. The van der Waals surface area contributed by atoms with Crippen molar-refractivity contribution in [1.29, 1.82) is 0 Å². The molecule has 28 heavy (non-hydrogen) atoms. The summed E-state index contributed by atoms with van der Waals surface area (Å²) < 4.78 is 40.9. The van der Waals surface area contributed by atoms with Crippen LogP contribution in [-0.2, 0) is 15.8 Å². The van der Waals surface area contributed by atoms with Gasteiger partial charge in [-0.1, -0.05) is 24.6 Å². The van der Waals surface area contributed by atoms with Crippen molar-refractivity contribution in [1.82, 2.24) is 4.90 Å². The van der Waals surface area contributed by atoms with Gasteiger partial charge < -0.3 is 15.1 Å². The van der Waals surface area contributed by atoms with E-state index in [9.17, 15) is 33.0 Å². The number of nitrogens with zero attached hydrogens (tertiary/aromatic N) is 1. The van der Waals surface area contributed by atoms with E-state index in [1.54, 1.807) is 4.90 Å². The Morgan fingerprint density at radius 1 is 1.04 bits per heavy atom. The SMILES string of the molecule is CC1=C(C(=O)O)C(c2ccccc2C(F)(F)F)C(C(=O)O)=C2CCCCCN12. The first-order valence-electron chi connectivity index (χ1n) is 8.98. The van der Waals surface area contributed by atoms with Gasteiger partial charge in [-0.25, -0.2) is 9.59 Å². The van der Waals surface area contributed by atoms with Crippen molar-refractivity contribution in [2.75, 3.05) is 6.54 Å². The van der Waals surface area contributed by atoms with Crippen LogP contribution in [0.3, 0.4) is 0 Å². The second-order valence-electron chi connectivity index (χ2n) is 6.95. The predicted octanol–water partition coefficient (Wildman–Crippen LogP) is 4.38. The molecule has 0 saturated carbocycles. The van der Waals surface area contributed by atoms with Gasteiger partial charge in [-0.15, -0.1) is 0 Å². The molecule has 5 nitrogen and oxygen atoms in total. The molecule has 0 aliphatic carbocycles. The van der Waals surface area contributed by atoms with Gasteiger partial charge in [0.25, 0.3) is 0 Å². The first-order chi connectivity index (χ1) is 13.1. The summed E-state index contributed by atoms with van der Waals surface area (Å²) >= 11 is 0. The second-order valence-corrected chi connectivity index (χ2v) is 6.95. The number of halogens is 3. The maximum atomic E-state index is 13.6. The Morgan fingerprint density at radius 2 is 1.68 bits per heavy atom. The number of rotatable bonds is 3. The molecule has 1 fully saturated rings. The first-order valence-corrected chi connectivity index (χ1v) is 8.98. The summed E-state index contributed by atoms with van der Waals surface area (Å²) in [4.78, 5) is 25.9. The topological polar surface area (TPSA) is 77.8 Å². The summed E-state index contributed by atoms with van der Waals surface area (Å²) in [5.41, 5.74) is -1.25. The lowest BCUT2D eigenvalue weighted by atomic mass is 9.77. The molecule has 1 saturated heterocycles. The molecule has 150 valence electrons. The standard InChI is InChI=1S/C20H20F3NO4/c1-11-15(18(25)26)16(12-7-4-5-8-13(12)20(21,22)23)17(19(27)28)14-9-3-2-6-10-24(11)14/h4-5,7-8,16H,2-3,6,9-10H2,1H3,(H,25,26)(H,27,28). The van der Waals surface area contributed by atoms with E-state index >= 15 is 0 Å². The van der Waals surface area contributed by atoms with E-state index in [1.165, 1.54) is 25.1 Å². The number of carbonyl (C=O) groups is 2. The molecule has 0 spiro atoms. The largest absolute Gasteiger partial charge is 0.478 e. The Bertz CT molecular complexity index is 886. The van der Waals surface area contributed by atoms with E-state index in [1.807, 2.05) is 0 Å². The van der Waals surface area contributed by atoms with Crippen LogP contribution in [0.4, 0.5) is 13.2 Å². The van der Waals surface area contributed by atoms with Gasteiger partial charge in [0, 0.05) is 17.9 Å². The zero-order chi connectivity index (χ0) is 20.6. The number of carboxylic acids is 2. The Morgan fingerprint density at radius 3 is 2.29 bits per heavy atom. The van der Waals surface area contributed by atoms with Crippen LogP contribution in [0.1, 0.15) is 49.7 Å². The minimum atomic E-state index is -4.73. The molecule has 2 aliphatic heterocycles. The average Bonchev–Trinajstić information content (AvgIpc) is 2.86. The summed E-state index contributed by atoms with van der Waals surface area (Å²) in [6.07, 6.45) is -2.05. The summed E-state index contributed by atoms with van der Waals surface area (Å²) in [5, 5.41) is 19.7. The van der Waals surface area contributed by atoms with Crippen LogP contribution in [0.5, 0.6) is 0 Å². The maximum absolute atomic E-state index is 13.6.